The number of hydrogen-bond acceptors (Lipinski definition) is 3. The molecular formula is C12H15N3O. The topological polar surface area (TPSA) is 67.5 Å². The Morgan fingerprint density at radius 3 is 2.88 bits per heavy atom. The first-order valence-corrected chi connectivity index (χ1v) is 5.37. The summed E-state index contributed by atoms with van der Waals surface area (Å²) in [7, 11) is 0. The molecule has 0 atom stereocenters. The molecule has 1 aliphatic rings. The zero-order chi connectivity index (χ0) is 11.5. The zero-order valence-corrected chi connectivity index (χ0v) is 9.23. The molecule has 0 spiro atoms. The van der Waals surface area contributed by atoms with E-state index in [1.807, 2.05) is 31.2 Å². The van der Waals surface area contributed by atoms with E-state index in [-0.39, 0.29) is 11.8 Å². The van der Waals surface area contributed by atoms with Gasteiger partial charge in [-0.05, 0) is 37.5 Å². The molecule has 0 aliphatic heterocycles. The van der Waals surface area contributed by atoms with Crippen molar-refractivity contribution in [2.24, 2.45) is 11.0 Å². The number of nitrogens with two attached hydrogens (primary N) is 1. The van der Waals surface area contributed by atoms with Crippen LogP contribution in [0.15, 0.2) is 29.4 Å². The van der Waals surface area contributed by atoms with Crippen molar-refractivity contribution in [1.29, 1.82) is 0 Å². The molecular weight excluding hydrogens is 202 g/mol. The molecule has 0 saturated heterocycles. The number of hydrazone groups is 1. The minimum Gasteiger partial charge on any atom is -0.399 e. The molecule has 3 N–H and O–H groups in total. The Hall–Kier alpha value is -1.84. The van der Waals surface area contributed by atoms with E-state index in [2.05, 4.69) is 10.5 Å². The molecule has 2 rings (SSSR count). The van der Waals surface area contributed by atoms with E-state index in [0.29, 0.717) is 5.69 Å². The highest BCUT2D eigenvalue weighted by atomic mass is 16.2. The summed E-state index contributed by atoms with van der Waals surface area (Å²) in [6.45, 7) is 1.85. The minimum absolute atomic E-state index is 0.0169. The second kappa shape index (κ2) is 4.35. The number of carbonyl (C=O) groups excluding carboxylic acids is 1. The molecule has 0 unspecified atom stereocenters. The third-order valence-corrected chi connectivity index (χ3v) is 2.59. The van der Waals surface area contributed by atoms with Crippen molar-refractivity contribution in [2.45, 2.75) is 19.8 Å². The lowest BCUT2D eigenvalue weighted by molar-refractivity contribution is -0.122. The molecule has 1 aliphatic carbocycles. The van der Waals surface area contributed by atoms with Crippen molar-refractivity contribution < 1.29 is 4.79 Å². The SMILES string of the molecule is CC(=NNC(=O)C1CC1)c1cccc(N)c1. The van der Waals surface area contributed by atoms with E-state index in [1.165, 1.54) is 0 Å². The molecule has 0 bridgehead atoms. The average Bonchev–Trinajstić information content (AvgIpc) is 3.09. The Morgan fingerprint density at radius 1 is 1.50 bits per heavy atom. The third-order valence-electron chi connectivity index (χ3n) is 2.59. The third kappa shape index (κ3) is 2.59. The van der Waals surface area contributed by atoms with Gasteiger partial charge >= 0.3 is 0 Å². The number of amides is 1. The van der Waals surface area contributed by atoms with Crippen molar-refractivity contribution >= 4 is 17.3 Å². The molecule has 1 saturated carbocycles. The van der Waals surface area contributed by atoms with Gasteiger partial charge in [-0.3, -0.25) is 4.79 Å². The lowest BCUT2D eigenvalue weighted by Crippen LogP contribution is -2.20. The summed E-state index contributed by atoms with van der Waals surface area (Å²) < 4.78 is 0. The van der Waals surface area contributed by atoms with Crippen LogP contribution in [0, 0.1) is 5.92 Å². The number of nitrogens with one attached hydrogen (secondary N) is 1. The Morgan fingerprint density at radius 2 is 2.25 bits per heavy atom. The summed E-state index contributed by atoms with van der Waals surface area (Å²) in [5, 5.41) is 4.06. The fraction of sp³-hybridized carbons (Fsp3) is 0.333. The van der Waals surface area contributed by atoms with Gasteiger partial charge in [0.1, 0.15) is 0 Å². The summed E-state index contributed by atoms with van der Waals surface area (Å²) in [4.78, 5) is 11.4. The first kappa shape index (κ1) is 10.7. The van der Waals surface area contributed by atoms with E-state index < -0.39 is 0 Å². The first-order chi connectivity index (χ1) is 7.66. The van der Waals surface area contributed by atoms with Gasteiger partial charge in [-0.2, -0.15) is 5.10 Å². The lowest BCUT2D eigenvalue weighted by Gasteiger charge is -2.02. The second-order valence-electron chi connectivity index (χ2n) is 4.07. The number of carbonyl (C=O) groups is 1. The van der Waals surface area contributed by atoms with Crippen LogP contribution in [0.1, 0.15) is 25.3 Å². The summed E-state index contributed by atoms with van der Waals surface area (Å²) in [6, 6.07) is 7.44. The van der Waals surface area contributed by atoms with Crippen LogP contribution in [-0.4, -0.2) is 11.6 Å². The van der Waals surface area contributed by atoms with E-state index in [1.54, 1.807) is 0 Å². The maximum Gasteiger partial charge on any atom is 0.243 e. The van der Waals surface area contributed by atoms with Gasteiger partial charge in [0, 0.05) is 11.6 Å². The molecule has 1 fully saturated rings. The van der Waals surface area contributed by atoms with Crippen LogP contribution < -0.4 is 11.2 Å². The van der Waals surface area contributed by atoms with E-state index in [9.17, 15) is 4.79 Å². The maximum atomic E-state index is 11.4. The van der Waals surface area contributed by atoms with Crippen molar-refractivity contribution in [3.8, 4) is 0 Å². The van der Waals surface area contributed by atoms with Crippen LogP contribution >= 0.6 is 0 Å². The Labute approximate surface area is 94.5 Å². The van der Waals surface area contributed by atoms with Crippen molar-refractivity contribution in [2.75, 3.05) is 5.73 Å². The number of hydrogen-bond donors (Lipinski definition) is 2. The molecule has 4 heteroatoms. The lowest BCUT2D eigenvalue weighted by atomic mass is 10.1. The summed E-state index contributed by atoms with van der Waals surface area (Å²) >= 11 is 0. The highest BCUT2D eigenvalue weighted by Gasteiger charge is 2.29. The first-order valence-electron chi connectivity index (χ1n) is 5.37. The normalized spacial score (nSPS) is 15.9. The van der Waals surface area contributed by atoms with E-state index in [4.69, 9.17) is 5.73 Å². The summed E-state index contributed by atoms with van der Waals surface area (Å²) in [5.41, 5.74) is 10.6. The van der Waals surface area contributed by atoms with E-state index >= 15 is 0 Å². The largest absolute Gasteiger partial charge is 0.399 e. The maximum absolute atomic E-state index is 11.4. The quantitative estimate of drug-likeness (QED) is 0.458. The van der Waals surface area contributed by atoms with Crippen LogP contribution in [0.3, 0.4) is 0 Å². The predicted molar refractivity (Wildman–Crippen MR) is 63.9 cm³/mol. The zero-order valence-electron chi connectivity index (χ0n) is 9.23. The smallest absolute Gasteiger partial charge is 0.243 e. The molecule has 1 amide bonds. The molecule has 0 radical (unpaired) electrons. The summed E-state index contributed by atoms with van der Waals surface area (Å²) in [5.74, 6) is 0.195. The van der Waals surface area contributed by atoms with Crippen molar-refractivity contribution in [3.05, 3.63) is 29.8 Å². The van der Waals surface area contributed by atoms with Crippen LogP contribution in [0.25, 0.3) is 0 Å². The molecule has 1 aromatic rings. The highest BCUT2D eigenvalue weighted by Crippen LogP contribution is 2.28. The van der Waals surface area contributed by atoms with Gasteiger partial charge in [-0.25, -0.2) is 5.43 Å². The Balaban J connectivity index is 2.02. The van der Waals surface area contributed by atoms with Gasteiger partial charge in [0.25, 0.3) is 0 Å². The van der Waals surface area contributed by atoms with Gasteiger partial charge in [-0.15, -0.1) is 0 Å². The number of nitrogens with zero attached hydrogens (tertiary/aromatic N) is 1. The molecule has 0 heterocycles. The van der Waals surface area contributed by atoms with Crippen molar-refractivity contribution in [1.82, 2.24) is 5.43 Å². The van der Waals surface area contributed by atoms with Gasteiger partial charge in [0.15, 0.2) is 0 Å². The van der Waals surface area contributed by atoms with Crippen LogP contribution in [0.2, 0.25) is 0 Å². The monoisotopic (exact) mass is 217 g/mol. The van der Waals surface area contributed by atoms with Gasteiger partial charge in [0.05, 0.1) is 5.71 Å². The van der Waals surface area contributed by atoms with Gasteiger partial charge in [-0.1, -0.05) is 12.1 Å². The Bertz CT molecular complexity index is 436. The second-order valence-corrected chi connectivity index (χ2v) is 4.07. The number of rotatable bonds is 3. The van der Waals surface area contributed by atoms with Crippen LogP contribution in [0.5, 0.6) is 0 Å². The molecule has 0 aromatic heterocycles. The van der Waals surface area contributed by atoms with Gasteiger partial charge < -0.3 is 5.73 Å². The fourth-order valence-corrected chi connectivity index (χ4v) is 1.40. The van der Waals surface area contributed by atoms with E-state index in [0.717, 1.165) is 24.1 Å². The average molecular weight is 217 g/mol. The molecule has 4 nitrogen and oxygen atoms in total. The minimum atomic E-state index is 0.0169. The number of benzene rings is 1. The van der Waals surface area contributed by atoms with Crippen LogP contribution in [-0.2, 0) is 4.79 Å². The molecule has 1 aromatic carbocycles. The predicted octanol–water partition coefficient (Wildman–Crippen LogP) is 1.52. The highest BCUT2D eigenvalue weighted by molar-refractivity contribution is 6.00. The Kier molecular flexibility index (Phi) is 2.90. The fourth-order valence-electron chi connectivity index (χ4n) is 1.40. The molecule has 16 heavy (non-hydrogen) atoms. The number of nitrogen functional groups attached to an aromatic ring is 1. The number of anilines is 1. The molecule has 84 valence electrons. The van der Waals surface area contributed by atoms with Crippen LogP contribution in [0.4, 0.5) is 5.69 Å². The van der Waals surface area contributed by atoms with Gasteiger partial charge in [0.2, 0.25) is 5.91 Å². The van der Waals surface area contributed by atoms with Crippen molar-refractivity contribution in [3.63, 3.8) is 0 Å². The standard InChI is InChI=1S/C12H15N3O/c1-8(10-3-2-4-11(13)7-10)14-15-12(16)9-5-6-9/h2-4,7,9H,5-6,13H2,1H3,(H,15,16). The summed E-state index contributed by atoms with van der Waals surface area (Å²) in [6.07, 6.45) is 1.97.